The topological polar surface area (TPSA) is 60.2 Å². The van der Waals surface area contributed by atoms with E-state index in [0.717, 1.165) is 37.7 Å². The van der Waals surface area contributed by atoms with Gasteiger partial charge in [0, 0.05) is 13.0 Å². The second-order valence-electron chi connectivity index (χ2n) is 5.92. The molecule has 1 aromatic rings. The van der Waals surface area contributed by atoms with Crippen molar-refractivity contribution < 1.29 is 9.26 Å². The minimum absolute atomic E-state index is 0.0613. The Hall–Kier alpha value is -0.940. The molecule has 20 heavy (non-hydrogen) atoms. The number of piperidine rings is 1. The van der Waals surface area contributed by atoms with Crippen LogP contribution in [0.15, 0.2) is 4.52 Å². The number of ether oxygens (including phenoxy) is 1. The van der Waals surface area contributed by atoms with Crippen molar-refractivity contribution >= 4 is 0 Å². The van der Waals surface area contributed by atoms with Crippen LogP contribution in [0.2, 0.25) is 0 Å². The van der Waals surface area contributed by atoms with Gasteiger partial charge in [-0.05, 0) is 51.1 Å². The summed E-state index contributed by atoms with van der Waals surface area (Å²) in [6.07, 6.45) is 4.52. The van der Waals surface area contributed by atoms with Gasteiger partial charge in [-0.3, -0.25) is 0 Å². The molecule has 0 spiro atoms. The molecular weight excluding hydrogens is 254 g/mol. The van der Waals surface area contributed by atoms with Crippen LogP contribution in [0.1, 0.15) is 57.9 Å². The first kappa shape index (κ1) is 15.4. The van der Waals surface area contributed by atoms with E-state index >= 15 is 0 Å². The SMILES string of the molecule is CCOC(c1noc(CCC2CCCNC2)n1)C(C)C. The van der Waals surface area contributed by atoms with E-state index in [1.807, 2.05) is 6.92 Å². The van der Waals surface area contributed by atoms with E-state index in [4.69, 9.17) is 9.26 Å². The molecule has 114 valence electrons. The maximum Gasteiger partial charge on any atom is 0.226 e. The van der Waals surface area contributed by atoms with Crippen molar-refractivity contribution in [3.05, 3.63) is 11.7 Å². The molecule has 1 aliphatic rings. The Bertz CT molecular complexity index is 386. The van der Waals surface area contributed by atoms with Gasteiger partial charge in [-0.1, -0.05) is 19.0 Å². The molecule has 0 aliphatic carbocycles. The number of aromatic nitrogens is 2. The zero-order valence-corrected chi connectivity index (χ0v) is 12.9. The summed E-state index contributed by atoms with van der Waals surface area (Å²) in [7, 11) is 0. The van der Waals surface area contributed by atoms with Gasteiger partial charge in [0.25, 0.3) is 0 Å². The van der Waals surface area contributed by atoms with E-state index in [0.29, 0.717) is 18.3 Å². The molecule has 2 unspecified atom stereocenters. The second-order valence-corrected chi connectivity index (χ2v) is 5.92. The van der Waals surface area contributed by atoms with E-state index in [2.05, 4.69) is 29.3 Å². The molecule has 2 heterocycles. The van der Waals surface area contributed by atoms with Crippen molar-refractivity contribution in [2.45, 2.75) is 52.6 Å². The Morgan fingerprint density at radius 3 is 2.95 bits per heavy atom. The summed E-state index contributed by atoms with van der Waals surface area (Å²) in [6.45, 7) is 9.17. The first-order chi connectivity index (χ1) is 9.70. The number of nitrogens with one attached hydrogen (secondary N) is 1. The van der Waals surface area contributed by atoms with Gasteiger partial charge in [0.2, 0.25) is 11.7 Å². The monoisotopic (exact) mass is 281 g/mol. The van der Waals surface area contributed by atoms with Crippen LogP contribution < -0.4 is 5.32 Å². The van der Waals surface area contributed by atoms with Gasteiger partial charge >= 0.3 is 0 Å². The molecule has 0 radical (unpaired) electrons. The third kappa shape index (κ3) is 4.28. The minimum Gasteiger partial charge on any atom is -0.370 e. The van der Waals surface area contributed by atoms with Crippen molar-refractivity contribution in [2.75, 3.05) is 19.7 Å². The van der Waals surface area contributed by atoms with Gasteiger partial charge in [-0.2, -0.15) is 4.98 Å². The quantitative estimate of drug-likeness (QED) is 0.832. The van der Waals surface area contributed by atoms with Crippen LogP contribution in [0.3, 0.4) is 0 Å². The normalized spacial score (nSPS) is 21.3. The number of rotatable bonds is 7. The molecule has 2 rings (SSSR count). The van der Waals surface area contributed by atoms with Gasteiger partial charge in [0.1, 0.15) is 6.10 Å². The summed E-state index contributed by atoms with van der Waals surface area (Å²) in [6, 6.07) is 0. The van der Waals surface area contributed by atoms with E-state index in [1.165, 1.54) is 12.8 Å². The van der Waals surface area contributed by atoms with Gasteiger partial charge in [0.15, 0.2) is 0 Å². The maximum absolute atomic E-state index is 5.70. The molecule has 1 fully saturated rings. The van der Waals surface area contributed by atoms with Crippen LogP contribution in [0.4, 0.5) is 0 Å². The molecule has 0 bridgehead atoms. The minimum atomic E-state index is -0.0613. The van der Waals surface area contributed by atoms with Crippen LogP contribution >= 0.6 is 0 Å². The zero-order chi connectivity index (χ0) is 14.4. The van der Waals surface area contributed by atoms with E-state index in [1.54, 1.807) is 0 Å². The van der Waals surface area contributed by atoms with Crippen LogP contribution in [0, 0.1) is 11.8 Å². The highest BCUT2D eigenvalue weighted by molar-refractivity contribution is 4.93. The molecule has 1 aromatic heterocycles. The van der Waals surface area contributed by atoms with Crippen LogP contribution in [-0.2, 0) is 11.2 Å². The largest absolute Gasteiger partial charge is 0.370 e. The van der Waals surface area contributed by atoms with Crippen molar-refractivity contribution in [3.63, 3.8) is 0 Å². The lowest BCUT2D eigenvalue weighted by atomic mass is 9.95. The zero-order valence-electron chi connectivity index (χ0n) is 12.9. The predicted molar refractivity (Wildman–Crippen MR) is 77.4 cm³/mol. The molecule has 1 saturated heterocycles. The molecule has 0 aromatic carbocycles. The first-order valence-electron chi connectivity index (χ1n) is 7.85. The number of nitrogens with zero attached hydrogens (tertiary/aromatic N) is 2. The third-order valence-electron chi connectivity index (χ3n) is 3.86. The Labute approximate surface area is 121 Å². The molecule has 1 N–H and O–H groups in total. The second kappa shape index (κ2) is 7.74. The fraction of sp³-hybridized carbons (Fsp3) is 0.867. The fourth-order valence-electron chi connectivity index (χ4n) is 2.73. The Kier molecular flexibility index (Phi) is 5.98. The van der Waals surface area contributed by atoms with Crippen LogP contribution in [0.25, 0.3) is 0 Å². The van der Waals surface area contributed by atoms with Gasteiger partial charge in [-0.15, -0.1) is 0 Å². The molecule has 5 heteroatoms. The van der Waals surface area contributed by atoms with Gasteiger partial charge in [0.05, 0.1) is 0 Å². The van der Waals surface area contributed by atoms with E-state index in [9.17, 15) is 0 Å². The molecule has 2 atom stereocenters. The van der Waals surface area contributed by atoms with Crippen molar-refractivity contribution in [1.82, 2.24) is 15.5 Å². The average molecular weight is 281 g/mol. The molecular formula is C15H27N3O2. The Morgan fingerprint density at radius 1 is 1.45 bits per heavy atom. The summed E-state index contributed by atoms with van der Waals surface area (Å²) >= 11 is 0. The lowest BCUT2D eigenvalue weighted by Gasteiger charge is -2.21. The molecule has 5 nitrogen and oxygen atoms in total. The summed E-state index contributed by atoms with van der Waals surface area (Å²) in [5.74, 6) is 2.53. The molecule has 0 amide bonds. The Morgan fingerprint density at radius 2 is 2.30 bits per heavy atom. The maximum atomic E-state index is 5.70. The summed E-state index contributed by atoms with van der Waals surface area (Å²) in [5.41, 5.74) is 0. The number of aryl methyl sites for hydroxylation is 1. The smallest absolute Gasteiger partial charge is 0.226 e. The van der Waals surface area contributed by atoms with Crippen molar-refractivity contribution in [3.8, 4) is 0 Å². The highest BCUT2D eigenvalue weighted by atomic mass is 16.5. The van der Waals surface area contributed by atoms with Crippen molar-refractivity contribution in [1.29, 1.82) is 0 Å². The summed E-state index contributed by atoms with van der Waals surface area (Å²) in [4.78, 5) is 4.51. The molecule has 0 saturated carbocycles. The average Bonchev–Trinajstić information content (AvgIpc) is 2.92. The fourth-order valence-corrected chi connectivity index (χ4v) is 2.73. The van der Waals surface area contributed by atoms with Gasteiger partial charge in [-0.25, -0.2) is 0 Å². The van der Waals surface area contributed by atoms with E-state index in [-0.39, 0.29) is 6.10 Å². The lowest BCUT2D eigenvalue weighted by Crippen LogP contribution is -2.29. The summed E-state index contributed by atoms with van der Waals surface area (Å²) < 4.78 is 11.1. The number of hydrogen-bond acceptors (Lipinski definition) is 5. The highest BCUT2D eigenvalue weighted by Crippen LogP contribution is 2.24. The highest BCUT2D eigenvalue weighted by Gasteiger charge is 2.22. The standard InChI is InChI=1S/C15H27N3O2/c1-4-19-14(11(2)3)15-17-13(20-18-15)8-7-12-6-5-9-16-10-12/h11-12,14,16H,4-10H2,1-3H3. The van der Waals surface area contributed by atoms with Crippen molar-refractivity contribution in [2.24, 2.45) is 11.8 Å². The predicted octanol–water partition coefficient (Wildman–Crippen LogP) is 2.74. The number of hydrogen-bond donors (Lipinski definition) is 1. The third-order valence-corrected chi connectivity index (χ3v) is 3.86. The van der Waals surface area contributed by atoms with E-state index < -0.39 is 0 Å². The van der Waals surface area contributed by atoms with Crippen LogP contribution in [-0.4, -0.2) is 29.8 Å². The van der Waals surface area contributed by atoms with Crippen LogP contribution in [0.5, 0.6) is 0 Å². The Balaban J connectivity index is 1.87. The molecule has 1 aliphatic heterocycles. The lowest BCUT2D eigenvalue weighted by molar-refractivity contribution is 0.0217. The summed E-state index contributed by atoms with van der Waals surface area (Å²) in [5, 5.41) is 7.53. The first-order valence-corrected chi connectivity index (χ1v) is 7.85. The van der Waals surface area contributed by atoms with Gasteiger partial charge < -0.3 is 14.6 Å².